The third kappa shape index (κ3) is 4.87. The van der Waals surface area contributed by atoms with Crippen LogP contribution in [0.1, 0.15) is 34.2 Å². The van der Waals surface area contributed by atoms with Crippen molar-refractivity contribution in [3.63, 3.8) is 0 Å². The number of pyridine rings is 1. The Morgan fingerprint density at radius 3 is 2.11 bits per heavy atom. The van der Waals surface area contributed by atoms with Gasteiger partial charge in [0.05, 0.1) is 12.8 Å². The molecule has 1 fully saturated rings. The van der Waals surface area contributed by atoms with E-state index in [9.17, 15) is 4.79 Å². The third-order valence-corrected chi connectivity index (χ3v) is 6.86. The van der Waals surface area contributed by atoms with E-state index in [-0.39, 0.29) is 5.91 Å². The molecule has 0 radical (unpaired) electrons. The number of hydrogen-bond donors (Lipinski definition) is 1. The fourth-order valence-corrected chi connectivity index (χ4v) is 4.79. The molecule has 0 spiro atoms. The van der Waals surface area contributed by atoms with E-state index in [1.165, 1.54) is 11.4 Å². The SMILES string of the molecule is CCc1nc2ccc(C)cn2c1C(=O)NCc1ccc(N2CCN(c3ccc(OC)cc3)CC2)cc1. The smallest absolute Gasteiger partial charge is 0.270 e. The van der Waals surface area contributed by atoms with Crippen LogP contribution in [0.4, 0.5) is 11.4 Å². The van der Waals surface area contributed by atoms with Crippen molar-refractivity contribution in [1.82, 2.24) is 14.7 Å². The predicted octanol–water partition coefficient (Wildman–Crippen LogP) is 4.47. The minimum Gasteiger partial charge on any atom is -0.497 e. The number of rotatable bonds is 7. The number of ether oxygens (including phenoxy) is 1. The second-order valence-electron chi connectivity index (χ2n) is 9.22. The van der Waals surface area contributed by atoms with Gasteiger partial charge in [-0.3, -0.25) is 9.20 Å². The summed E-state index contributed by atoms with van der Waals surface area (Å²) in [5.41, 5.74) is 6.87. The van der Waals surface area contributed by atoms with Crippen molar-refractivity contribution in [2.45, 2.75) is 26.8 Å². The molecule has 0 aliphatic carbocycles. The number of imidazole rings is 1. The molecule has 7 nitrogen and oxygen atoms in total. The topological polar surface area (TPSA) is 62.1 Å². The zero-order chi connectivity index (χ0) is 25.1. The summed E-state index contributed by atoms with van der Waals surface area (Å²) in [6, 6.07) is 20.8. The average molecular weight is 484 g/mol. The molecule has 0 bridgehead atoms. The molecule has 1 N–H and O–H groups in total. The van der Waals surface area contributed by atoms with E-state index in [4.69, 9.17) is 4.74 Å². The van der Waals surface area contributed by atoms with Crippen LogP contribution in [0.3, 0.4) is 0 Å². The lowest BCUT2D eigenvalue weighted by atomic mass is 10.1. The highest BCUT2D eigenvalue weighted by molar-refractivity contribution is 5.94. The van der Waals surface area contributed by atoms with Gasteiger partial charge in [0.2, 0.25) is 0 Å². The molecule has 2 aromatic carbocycles. The number of carbonyl (C=O) groups excluding carboxylic acids is 1. The van der Waals surface area contributed by atoms with Gasteiger partial charge in [-0.05, 0) is 66.9 Å². The summed E-state index contributed by atoms with van der Waals surface area (Å²) in [5, 5.41) is 3.09. The normalized spacial score (nSPS) is 13.8. The van der Waals surface area contributed by atoms with Gasteiger partial charge in [0.25, 0.3) is 5.91 Å². The summed E-state index contributed by atoms with van der Waals surface area (Å²) in [4.78, 5) is 22.5. The van der Waals surface area contributed by atoms with Gasteiger partial charge in [-0.1, -0.05) is 25.1 Å². The number of nitrogens with zero attached hydrogens (tertiary/aromatic N) is 4. The number of piperazine rings is 1. The van der Waals surface area contributed by atoms with Gasteiger partial charge in [-0.25, -0.2) is 4.98 Å². The van der Waals surface area contributed by atoms with E-state index in [0.717, 1.165) is 54.4 Å². The van der Waals surface area contributed by atoms with E-state index in [1.54, 1.807) is 7.11 Å². The summed E-state index contributed by atoms with van der Waals surface area (Å²) in [6.07, 6.45) is 2.68. The van der Waals surface area contributed by atoms with Crippen molar-refractivity contribution in [2.24, 2.45) is 0 Å². The van der Waals surface area contributed by atoms with Crippen LogP contribution >= 0.6 is 0 Å². The van der Waals surface area contributed by atoms with Crippen LogP contribution in [0.25, 0.3) is 5.65 Å². The summed E-state index contributed by atoms with van der Waals surface area (Å²) < 4.78 is 7.17. The number of benzene rings is 2. The minimum absolute atomic E-state index is 0.0938. The zero-order valence-corrected chi connectivity index (χ0v) is 21.2. The van der Waals surface area contributed by atoms with Gasteiger partial charge in [-0.15, -0.1) is 0 Å². The van der Waals surface area contributed by atoms with Gasteiger partial charge in [-0.2, -0.15) is 0 Å². The second-order valence-corrected chi connectivity index (χ2v) is 9.22. The van der Waals surface area contributed by atoms with Crippen LogP contribution < -0.4 is 19.9 Å². The first-order chi connectivity index (χ1) is 17.6. The maximum absolute atomic E-state index is 13.1. The Morgan fingerprint density at radius 2 is 1.53 bits per heavy atom. The Morgan fingerprint density at radius 1 is 0.917 bits per heavy atom. The predicted molar refractivity (Wildman–Crippen MR) is 144 cm³/mol. The number of nitrogens with one attached hydrogen (secondary N) is 1. The molecule has 1 aliphatic rings. The van der Waals surface area contributed by atoms with Gasteiger partial charge >= 0.3 is 0 Å². The molecule has 36 heavy (non-hydrogen) atoms. The second kappa shape index (κ2) is 10.3. The Kier molecular flexibility index (Phi) is 6.80. The summed E-state index contributed by atoms with van der Waals surface area (Å²) >= 11 is 0. The standard InChI is InChI=1S/C29H33N5O2/c1-4-26-28(34-20-21(2)5-14-27(34)31-26)29(35)30-19-22-6-8-23(9-7-22)32-15-17-33(18-16-32)24-10-12-25(36-3)13-11-24/h5-14,20H,4,15-19H2,1-3H3,(H,30,35). The molecule has 0 saturated carbocycles. The largest absolute Gasteiger partial charge is 0.497 e. The zero-order valence-electron chi connectivity index (χ0n) is 21.2. The summed E-state index contributed by atoms with van der Waals surface area (Å²) in [6.45, 7) is 8.41. The number of carbonyl (C=O) groups is 1. The van der Waals surface area contributed by atoms with Gasteiger partial charge in [0, 0.05) is 50.3 Å². The average Bonchev–Trinajstić information content (AvgIpc) is 3.30. The first kappa shape index (κ1) is 23.7. The molecule has 186 valence electrons. The van der Waals surface area contributed by atoms with Crippen LogP contribution in [-0.4, -0.2) is 48.6 Å². The Balaban J connectivity index is 1.18. The molecule has 5 rings (SSSR count). The first-order valence-corrected chi connectivity index (χ1v) is 12.5. The maximum Gasteiger partial charge on any atom is 0.270 e. The van der Waals surface area contributed by atoms with Crippen molar-refractivity contribution >= 4 is 22.9 Å². The van der Waals surface area contributed by atoms with Crippen LogP contribution in [0.5, 0.6) is 5.75 Å². The van der Waals surface area contributed by atoms with Crippen molar-refractivity contribution in [3.8, 4) is 5.75 Å². The van der Waals surface area contributed by atoms with E-state index in [2.05, 4.69) is 56.5 Å². The molecule has 1 amide bonds. The fourth-order valence-electron chi connectivity index (χ4n) is 4.79. The number of aromatic nitrogens is 2. The monoisotopic (exact) mass is 483 g/mol. The highest BCUT2D eigenvalue weighted by atomic mass is 16.5. The first-order valence-electron chi connectivity index (χ1n) is 12.5. The third-order valence-electron chi connectivity index (χ3n) is 6.86. The molecular formula is C29H33N5O2. The van der Waals surface area contributed by atoms with Gasteiger partial charge in [0.1, 0.15) is 17.1 Å². The maximum atomic E-state index is 13.1. The Bertz CT molecular complexity index is 1340. The number of fused-ring (bicyclic) bond motifs is 1. The molecule has 3 heterocycles. The summed E-state index contributed by atoms with van der Waals surface area (Å²) in [5.74, 6) is 0.789. The van der Waals surface area contributed by atoms with Crippen molar-refractivity contribution in [1.29, 1.82) is 0 Å². The number of hydrogen-bond acceptors (Lipinski definition) is 5. The summed E-state index contributed by atoms with van der Waals surface area (Å²) in [7, 11) is 1.69. The molecular weight excluding hydrogens is 450 g/mol. The van der Waals surface area contributed by atoms with E-state index < -0.39 is 0 Å². The lowest BCUT2D eigenvalue weighted by Crippen LogP contribution is -2.46. The molecule has 1 saturated heterocycles. The quantitative estimate of drug-likeness (QED) is 0.420. The minimum atomic E-state index is -0.0938. The Labute approximate surface area is 212 Å². The number of amides is 1. The van der Waals surface area contributed by atoms with Crippen LogP contribution in [0.2, 0.25) is 0 Å². The van der Waals surface area contributed by atoms with Crippen molar-refractivity contribution < 1.29 is 9.53 Å². The fraction of sp³-hybridized carbons (Fsp3) is 0.310. The van der Waals surface area contributed by atoms with Crippen LogP contribution in [0, 0.1) is 6.92 Å². The molecule has 0 unspecified atom stereocenters. The van der Waals surface area contributed by atoms with Crippen molar-refractivity contribution in [2.75, 3.05) is 43.1 Å². The molecule has 4 aromatic rings. The number of methoxy groups -OCH3 is 1. The van der Waals surface area contributed by atoms with Crippen LogP contribution in [0.15, 0.2) is 66.9 Å². The molecule has 0 atom stereocenters. The molecule has 2 aromatic heterocycles. The van der Waals surface area contributed by atoms with E-state index in [1.807, 2.05) is 48.7 Å². The van der Waals surface area contributed by atoms with E-state index >= 15 is 0 Å². The molecule has 7 heteroatoms. The highest BCUT2D eigenvalue weighted by Gasteiger charge is 2.19. The van der Waals surface area contributed by atoms with Crippen molar-refractivity contribution in [3.05, 3.63) is 89.4 Å². The Hall–Kier alpha value is -4.00. The lowest BCUT2D eigenvalue weighted by Gasteiger charge is -2.37. The number of aryl methyl sites for hydroxylation is 2. The van der Waals surface area contributed by atoms with E-state index in [0.29, 0.717) is 18.7 Å². The molecule has 1 aliphatic heterocycles. The van der Waals surface area contributed by atoms with Gasteiger partial charge < -0.3 is 19.9 Å². The highest BCUT2D eigenvalue weighted by Crippen LogP contribution is 2.23. The number of anilines is 2. The van der Waals surface area contributed by atoms with Gasteiger partial charge in [0.15, 0.2) is 0 Å². The van der Waals surface area contributed by atoms with Crippen LogP contribution in [-0.2, 0) is 13.0 Å². The lowest BCUT2D eigenvalue weighted by molar-refractivity contribution is 0.0944.